The van der Waals surface area contributed by atoms with Gasteiger partial charge in [0.1, 0.15) is 91.6 Å². The van der Waals surface area contributed by atoms with E-state index in [-0.39, 0.29) is 71.5 Å². The van der Waals surface area contributed by atoms with Crippen LogP contribution >= 0.6 is 0 Å². The van der Waals surface area contributed by atoms with Gasteiger partial charge in [-0.2, -0.15) is 0 Å². The largest absolute Gasteiger partial charge is 1.00 e. The van der Waals surface area contributed by atoms with Gasteiger partial charge in [-0.05, 0) is 133 Å². The van der Waals surface area contributed by atoms with Crippen LogP contribution in [0.25, 0.3) is 0 Å². The average molecular weight is 1250 g/mol. The maximum Gasteiger partial charge on any atom is 1.00 e. The quantitative estimate of drug-likeness (QED) is 0.0286. The van der Waals surface area contributed by atoms with Gasteiger partial charge in [-0.15, -0.1) is 0 Å². The predicted octanol–water partition coefficient (Wildman–Crippen LogP) is -4.00. The Morgan fingerprint density at radius 2 is 1.15 bits per heavy atom. The van der Waals surface area contributed by atoms with E-state index in [9.17, 15) is 74.2 Å². The van der Waals surface area contributed by atoms with E-state index in [1.54, 1.807) is 0 Å². The third-order valence-corrected chi connectivity index (χ3v) is 21.3. The van der Waals surface area contributed by atoms with Crippen molar-refractivity contribution in [2.75, 3.05) is 6.61 Å². The summed E-state index contributed by atoms with van der Waals surface area (Å²) >= 11 is 0. The summed E-state index contributed by atoms with van der Waals surface area (Å²) in [5, 5.41) is 135. The molecule has 3 saturated carbocycles. The van der Waals surface area contributed by atoms with E-state index in [0.29, 0.717) is 32.1 Å². The van der Waals surface area contributed by atoms with E-state index in [2.05, 4.69) is 40.3 Å². The number of allylic oxidation sites excluding steroid dienone is 3. The molecule has 4 aliphatic carbocycles. The van der Waals surface area contributed by atoms with Gasteiger partial charge in [0, 0.05) is 0 Å². The molecule has 0 aromatic rings. The molecule has 0 aromatic carbocycles. The van der Waals surface area contributed by atoms with E-state index in [1.165, 1.54) is 33.3 Å². The van der Waals surface area contributed by atoms with Crippen LogP contribution in [-0.4, -0.2) is 246 Å². The van der Waals surface area contributed by atoms with Crippen LogP contribution in [0.2, 0.25) is 0 Å². The Morgan fingerprint density at radius 3 is 1.72 bits per heavy atom. The molecule has 0 aromatic heterocycles. The SMILES string of the molecule is C=C(CC[C@](C)(O)[C@H]1CC[C@H]2[C@@H]3C[C@H](O[C@@H]4O[C@H](C)[C@@H](O)[C@H](O[C@@H]5OC[C@@H](O[C@@H]6O[C@H](C)[C@H](O)[C@H](O)[C@H]6O[C@@H]6O[C@H](C)[C@@H](O)[C@H](O)[C@H]6O)[C@H](O)[C@H]5O[C@@H]5O[C@H](C)[C@@H](O)[C@H](O)[C@H]5O)[C@H]4O)C4C[C@@H](OS(=O)(=O)[O-])CC[C@]4(C)C3=CC[C@@]21C)C(C)C.[Na+]. The zero-order chi connectivity index (χ0) is 61.6. The molecule has 26 nitrogen and oxygen atoms in total. The molecule has 0 bridgehead atoms. The summed E-state index contributed by atoms with van der Waals surface area (Å²) in [4.78, 5) is 0. The van der Waals surface area contributed by atoms with Crippen molar-refractivity contribution in [3.05, 3.63) is 23.8 Å². The van der Waals surface area contributed by atoms with E-state index >= 15 is 0 Å². The Labute approximate surface area is 519 Å². The normalized spacial score (nSPS) is 51.1. The van der Waals surface area contributed by atoms with Crippen molar-refractivity contribution in [1.29, 1.82) is 0 Å². The first-order valence-corrected chi connectivity index (χ1v) is 31.2. The Hall–Kier alpha value is -0.530. The van der Waals surface area contributed by atoms with Crippen molar-refractivity contribution in [2.45, 2.75) is 285 Å². The summed E-state index contributed by atoms with van der Waals surface area (Å²) in [6.07, 6.45) is -33.8. The molecular weight excluding hydrogens is 1160 g/mol. The summed E-state index contributed by atoms with van der Waals surface area (Å²) in [6, 6.07) is 0. The van der Waals surface area contributed by atoms with E-state index in [0.717, 1.165) is 18.4 Å². The molecule has 28 heteroatoms. The second kappa shape index (κ2) is 27.2. The molecule has 5 aliphatic heterocycles. The van der Waals surface area contributed by atoms with Crippen LogP contribution in [-0.2, 0) is 62.0 Å². The minimum Gasteiger partial charge on any atom is -0.726 e. The summed E-state index contributed by atoms with van der Waals surface area (Å²) in [6.45, 7) is 19.8. The van der Waals surface area contributed by atoms with Crippen LogP contribution in [0.1, 0.15) is 120 Å². The minimum atomic E-state index is -5.10. The first-order chi connectivity index (χ1) is 39.2. The number of ether oxygens (including phenoxy) is 10. The monoisotopic (exact) mass is 1250 g/mol. The van der Waals surface area contributed by atoms with Gasteiger partial charge in [-0.25, -0.2) is 8.42 Å². The van der Waals surface area contributed by atoms with Gasteiger partial charge < -0.3 is 113 Å². The van der Waals surface area contributed by atoms with Gasteiger partial charge in [0.2, 0.25) is 10.4 Å². The molecule has 0 radical (unpaired) electrons. The zero-order valence-corrected chi connectivity index (χ0v) is 53.1. The predicted molar refractivity (Wildman–Crippen MR) is 287 cm³/mol. The Kier molecular flexibility index (Phi) is 22.5. The molecule has 12 N–H and O–H groups in total. The molecule has 1 unspecified atom stereocenters. The third-order valence-electron chi connectivity index (χ3n) is 20.8. The maximum absolute atomic E-state index is 12.4. The number of rotatable bonds is 17. The third kappa shape index (κ3) is 14.1. The summed E-state index contributed by atoms with van der Waals surface area (Å²) in [7, 11) is -5.10. The van der Waals surface area contributed by atoms with E-state index in [1.807, 2.05) is 6.92 Å². The molecule has 0 spiro atoms. The molecule has 33 atom stereocenters. The number of aliphatic hydroxyl groups is 12. The molecule has 85 heavy (non-hydrogen) atoms. The van der Waals surface area contributed by atoms with Crippen LogP contribution in [0.15, 0.2) is 23.8 Å². The van der Waals surface area contributed by atoms with Crippen molar-refractivity contribution in [1.82, 2.24) is 0 Å². The molecule has 9 rings (SSSR count). The fourth-order valence-electron chi connectivity index (χ4n) is 15.5. The molecule has 484 valence electrons. The number of hydrogen-bond donors (Lipinski definition) is 12. The topological polar surface area (TPSA) is 401 Å². The standard InChI is InChI=1S/C57H94O26S.Na/c1-22(2)23(3)13-18-57(10,69)35-12-11-30-29-20-33(32-19-28(83-84(70,71)72)14-16-55(32,8)31(29)15-17-56(30,35)9)78-52-46(68)47(39(61)27(7)76-52)80-53-48(81-50-44(66)41(63)36(58)24(4)74-50)40(62)34(21-73-53)79-54-49(43(65)38(60)26(6)77-54)82-51-45(67)42(64)37(59)25(5)75-51;/h15,22,24-30,32-54,58-69H,3,11-14,16-21H2,1-2,4-10H3,(H,70,71,72);/q;+1/p-1/t24-,25-,26-,27-,28+,29+,30+,32?,33+,34-,35+,36-,37-,38+,39-,40+,41+,42+,43+,44-,45-,46-,47+,48-,49-,50+,51+,52+,53+,54+,55-,56+,57+;/m1./s1. The average Bonchev–Trinajstić information content (AvgIpc) is 1.78. The van der Waals surface area contributed by atoms with Gasteiger partial charge in [0.05, 0.1) is 48.8 Å². The van der Waals surface area contributed by atoms with Gasteiger partial charge >= 0.3 is 29.6 Å². The minimum absolute atomic E-state index is 0. The van der Waals surface area contributed by atoms with Gasteiger partial charge in [0.15, 0.2) is 31.5 Å². The first kappa shape index (κ1) is 70.3. The second-order valence-electron chi connectivity index (χ2n) is 26.6. The molecule has 5 saturated heterocycles. The fraction of sp³-hybridized carbons (Fsp3) is 0.930. The smallest absolute Gasteiger partial charge is 0.726 e. The van der Waals surface area contributed by atoms with Crippen molar-refractivity contribution in [2.24, 2.45) is 40.4 Å². The van der Waals surface area contributed by atoms with Crippen LogP contribution in [0.3, 0.4) is 0 Å². The second-order valence-corrected chi connectivity index (χ2v) is 27.6. The molecule has 9 aliphatic rings. The molecule has 0 amide bonds. The number of hydrogen-bond acceptors (Lipinski definition) is 26. The fourth-order valence-corrected chi connectivity index (χ4v) is 16.0. The number of aliphatic hydroxyl groups excluding tert-OH is 11. The van der Waals surface area contributed by atoms with Gasteiger partial charge in [-0.3, -0.25) is 4.18 Å². The Morgan fingerprint density at radius 1 is 0.647 bits per heavy atom. The Bertz CT molecular complexity index is 2410. The molecular formula is C57H93NaO26S. The maximum atomic E-state index is 12.4. The van der Waals surface area contributed by atoms with Crippen LogP contribution in [0, 0.1) is 40.4 Å². The summed E-state index contributed by atoms with van der Waals surface area (Å²) in [5.41, 5.74) is 0.323. The first-order valence-electron chi connectivity index (χ1n) is 29.9. The molecule has 8 fully saturated rings. The van der Waals surface area contributed by atoms with Crippen molar-refractivity contribution >= 4 is 10.4 Å². The van der Waals surface area contributed by atoms with Crippen LogP contribution < -0.4 is 29.6 Å². The zero-order valence-electron chi connectivity index (χ0n) is 50.2. The van der Waals surface area contributed by atoms with E-state index in [4.69, 9.17) is 51.6 Å². The van der Waals surface area contributed by atoms with Crippen molar-refractivity contribution in [3.63, 3.8) is 0 Å². The van der Waals surface area contributed by atoms with Gasteiger partial charge in [0.25, 0.3) is 0 Å². The number of fused-ring (bicyclic) bond motifs is 5. The van der Waals surface area contributed by atoms with Crippen molar-refractivity contribution in [3.8, 4) is 0 Å². The van der Waals surface area contributed by atoms with E-state index < -0.39 is 194 Å². The summed E-state index contributed by atoms with van der Waals surface area (Å²) < 4.78 is 103. The molecule has 5 heterocycles. The summed E-state index contributed by atoms with van der Waals surface area (Å²) in [5.74, 6) is -0.264. The van der Waals surface area contributed by atoms with Crippen LogP contribution in [0.4, 0.5) is 0 Å². The van der Waals surface area contributed by atoms with Crippen molar-refractivity contribution < 1.29 is 155 Å². The van der Waals surface area contributed by atoms with Crippen LogP contribution in [0.5, 0.6) is 0 Å². The Balaban J connectivity index is 0.00000940. The van der Waals surface area contributed by atoms with Gasteiger partial charge in [-0.1, -0.05) is 51.5 Å².